The minimum Gasteiger partial charge on any atom is -0.206 e. The van der Waals surface area contributed by atoms with E-state index in [-0.39, 0.29) is 11.4 Å². The molecule has 1 aromatic carbocycles. The summed E-state index contributed by atoms with van der Waals surface area (Å²) in [6.07, 6.45) is 0.345. The van der Waals surface area contributed by atoms with E-state index in [1.165, 1.54) is 24.3 Å². The van der Waals surface area contributed by atoms with Crippen LogP contribution in [0.1, 0.15) is 13.3 Å². The van der Waals surface area contributed by atoms with Gasteiger partial charge in [-0.25, -0.2) is 8.42 Å². The molecule has 0 heterocycles. The summed E-state index contributed by atoms with van der Waals surface area (Å²) in [6, 6.07) is 7.30. The van der Waals surface area contributed by atoms with Gasteiger partial charge in [0.2, 0.25) is 0 Å². The Morgan fingerprint density at radius 1 is 1.12 bits per heavy atom. The highest BCUT2D eigenvalue weighted by Gasteiger charge is 2.33. The van der Waals surface area contributed by atoms with E-state index < -0.39 is 19.3 Å². The van der Waals surface area contributed by atoms with E-state index in [0.717, 1.165) is 0 Å². The Kier molecular flexibility index (Phi) is 4.54. The normalized spacial score (nSPS) is 12.9. The molecule has 0 aliphatic rings. The number of rotatable bonds is 5. The lowest BCUT2D eigenvalue weighted by Gasteiger charge is -2.17. The average Bonchev–Trinajstić information content (AvgIpc) is 2.25. The zero-order chi connectivity index (χ0) is 13.1. The van der Waals surface area contributed by atoms with Gasteiger partial charge in [-0.05, 0) is 18.6 Å². The highest BCUT2D eigenvalue weighted by Crippen LogP contribution is 2.21. The molecule has 1 aromatic rings. The summed E-state index contributed by atoms with van der Waals surface area (Å²) in [6.45, 7) is 1.48. The Hall–Kier alpha value is -0.630. The maximum absolute atomic E-state index is 12.0. The lowest BCUT2D eigenvalue weighted by molar-refractivity contribution is 0.504. The van der Waals surface area contributed by atoms with E-state index >= 15 is 0 Å². The van der Waals surface area contributed by atoms with Crippen LogP contribution in [0.3, 0.4) is 0 Å². The first kappa shape index (κ1) is 14.4. The highest BCUT2D eigenvalue weighted by molar-refractivity contribution is 8.18. The Labute approximate surface area is 106 Å². The molecule has 0 aromatic heterocycles. The van der Waals surface area contributed by atoms with Gasteiger partial charge in [-0.3, -0.25) is 0 Å². The molecular formula is C9H12ClNO4S2. The Balaban J connectivity index is 3.29. The molecule has 5 nitrogen and oxygen atoms in total. The van der Waals surface area contributed by atoms with Crippen LogP contribution in [0.15, 0.2) is 35.2 Å². The molecule has 0 spiro atoms. The number of nitrogens with zero attached hydrogens (tertiary/aromatic N) is 1. The zero-order valence-corrected chi connectivity index (χ0v) is 11.5. The second-order valence-electron chi connectivity index (χ2n) is 3.26. The summed E-state index contributed by atoms with van der Waals surface area (Å²) in [5.74, 6) is 0. The molecule has 0 bridgehead atoms. The number of halogens is 1. The monoisotopic (exact) mass is 297 g/mol. The molecular weight excluding hydrogens is 286 g/mol. The number of hydrogen-bond donors (Lipinski definition) is 0. The minimum absolute atomic E-state index is 0.0994. The lowest BCUT2D eigenvalue weighted by Crippen LogP contribution is -2.34. The van der Waals surface area contributed by atoms with Gasteiger partial charge in [0.1, 0.15) is 0 Å². The summed E-state index contributed by atoms with van der Waals surface area (Å²) < 4.78 is 46.9. The average molecular weight is 298 g/mol. The van der Waals surface area contributed by atoms with Gasteiger partial charge in [0.05, 0.1) is 4.90 Å². The molecule has 8 heteroatoms. The quantitative estimate of drug-likeness (QED) is 0.774. The molecule has 96 valence electrons. The molecule has 17 heavy (non-hydrogen) atoms. The van der Waals surface area contributed by atoms with Crippen LogP contribution in [0, 0.1) is 0 Å². The third-order valence-electron chi connectivity index (χ3n) is 1.96. The molecule has 0 saturated carbocycles. The fourth-order valence-electron chi connectivity index (χ4n) is 1.24. The molecule has 0 saturated heterocycles. The second kappa shape index (κ2) is 5.34. The second-order valence-corrected chi connectivity index (χ2v) is 7.78. The first-order chi connectivity index (χ1) is 7.80. The zero-order valence-electron chi connectivity index (χ0n) is 9.08. The van der Waals surface area contributed by atoms with Gasteiger partial charge in [0.15, 0.2) is 0 Å². The van der Waals surface area contributed by atoms with Crippen LogP contribution < -0.4 is 0 Å². The minimum atomic E-state index is -4.32. The van der Waals surface area contributed by atoms with Crippen molar-refractivity contribution in [3.05, 3.63) is 30.3 Å². The van der Waals surface area contributed by atoms with E-state index in [1.54, 1.807) is 13.0 Å². The number of benzene rings is 1. The smallest absolute Gasteiger partial charge is 0.206 e. The molecule has 0 amide bonds. The number of sulfonamides is 1. The molecule has 0 aliphatic heterocycles. The topological polar surface area (TPSA) is 71.5 Å². The summed E-state index contributed by atoms with van der Waals surface area (Å²) in [5.41, 5.74) is 0. The summed E-state index contributed by atoms with van der Waals surface area (Å²) >= 11 is 0. The molecule has 0 N–H and O–H groups in total. The van der Waals surface area contributed by atoms with Gasteiger partial charge in [-0.15, -0.1) is 0 Å². The van der Waals surface area contributed by atoms with Crippen molar-refractivity contribution in [1.82, 2.24) is 3.71 Å². The van der Waals surface area contributed by atoms with Gasteiger partial charge in [-0.2, -0.15) is 8.42 Å². The van der Waals surface area contributed by atoms with Crippen molar-refractivity contribution in [3.63, 3.8) is 0 Å². The van der Waals surface area contributed by atoms with E-state index in [0.29, 0.717) is 10.1 Å². The van der Waals surface area contributed by atoms with E-state index in [1.807, 2.05) is 0 Å². The van der Waals surface area contributed by atoms with E-state index in [9.17, 15) is 16.8 Å². The predicted octanol–water partition coefficient (Wildman–Crippen LogP) is 1.57. The van der Waals surface area contributed by atoms with Crippen molar-refractivity contribution in [2.24, 2.45) is 0 Å². The van der Waals surface area contributed by atoms with Crippen molar-refractivity contribution >= 4 is 29.9 Å². The van der Waals surface area contributed by atoms with Gasteiger partial charge in [0.25, 0.3) is 10.0 Å². The summed E-state index contributed by atoms with van der Waals surface area (Å²) in [4.78, 5) is -0.0994. The van der Waals surface area contributed by atoms with Gasteiger partial charge < -0.3 is 0 Å². The van der Waals surface area contributed by atoms with E-state index in [2.05, 4.69) is 0 Å². The van der Waals surface area contributed by atoms with E-state index in [4.69, 9.17) is 10.7 Å². The molecule has 1 rings (SSSR count). The third-order valence-corrected chi connectivity index (χ3v) is 6.14. The van der Waals surface area contributed by atoms with Crippen molar-refractivity contribution in [1.29, 1.82) is 0 Å². The first-order valence-electron chi connectivity index (χ1n) is 4.82. The Morgan fingerprint density at radius 3 is 2.06 bits per heavy atom. The van der Waals surface area contributed by atoms with Crippen LogP contribution in [-0.2, 0) is 19.3 Å². The van der Waals surface area contributed by atoms with Crippen LogP contribution in [-0.4, -0.2) is 27.1 Å². The van der Waals surface area contributed by atoms with Crippen molar-refractivity contribution in [2.45, 2.75) is 18.2 Å². The maximum Gasteiger partial charge on any atom is 0.313 e. The van der Waals surface area contributed by atoms with Crippen LogP contribution >= 0.6 is 10.7 Å². The standard InChI is InChI=1S/C9H12ClNO4S2/c1-2-8-11(17(10,14)15)16(12,13)9-6-4-3-5-7-9/h3-7H,2,8H2,1H3. The van der Waals surface area contributed by atoms with Crippen LogP contribution in [0.4, 0.5) is 0 Å². The molecule has 0 radical (unpaired) electrons. The Morgan fingerprint density at radius 2 is 1.65 bits per heavy atom. The lowest BCUT2D eigenvalue weighted by atomic mass is 10.4. The van der Waals surface area contributed by atoms with Crippen molar-refractivity contribution in [3.8, 4) is 0 Å². The van der Waals surface area contributed by atoms with Gasteiger partial charge in [-0.1, -0.05) is 28.8 Å². The molecule has 0 unspecified atom stereocenters. The maximum atomic E-state index is 12.0. The largest absolute Gasteiger partial charge is 0.313 e. The molecule has 0 fully saturated rings. The highest BCUT2D eigenvalue weighted by atomic mass is 35.7. The van der Waals surface area contributed by atoms with Crippen molar-refractivity contribution < 1.29 is 16.8 Å². The van der Waals surface area contributed by atoms with Gasteiger partial charge >= 0.3 is 9.24 Å². The van der Waals surface area contributed by atoms with Crippen molar-refractivity contribution in [2.75, 3.05) is 6.54 Å². The molecule has 0 atom stereocenters. The number of hydrogen-bond acceptors (Lipinski definition) is 4. The molecule has 0 aliphatic carbocycles. The predicted molar refractivity (Wildman–Crippen MR) is 65.4 cm³/mol. The summed E-state index contributed by atoms with van der Waals surface area (Å²) in [7, 11) is -3.29. The van der Waals surface area contributed by atoms with Crippen LogP contribution in [0.2, 0.25) is 0 Å². The third kappa shape index (κ3) is 3.41. The fourth-order valence-corrected chi connectivity index (χ4v) is 4.87. The first-order valence-corrected chi connectivity index (χ1v) is 8.53. The van der Waals surface area contributed by atoms with Crippen LogP contribution in [0.5, 0.6) is 0 Å². The summed E-state index contributed by atoms with van der Waals surface area (Å²) in [5, 5.41) is 0. The SMILES string of the molecule is CCCN(S(=O)(=O)Cl)S(=O)(=O)c1ccccc1. The van der Waals surface area contributed by atoms with Gasteiger partial charge in [0, 0.05) is 17.2 Å². The fraction of sp³-hybridized carbons (Fsp3) is 0.333. The van der Waals surface area contributed by atoms with Crippen LogP contribution in [0.25, 0.3) is 0 Å². The Bertz CT molecular complexity index is 568.